The number of para-hydroxylation sites is 1. The van der Waals surface area contributed by atoms with Crippen LogP contribution in [0.1, 0.15) is 25.1 Å². The Labute approximate surface area is 232 Å². The van der Waals surface area contributed by atoms with E-state index in [-0.39, 0.29) is 5.41 Å². The van der Waals surface area contributed by atoms with Gasteiger partial charge in [0.1, 0.15) is 11.2 Å². The monoisotopic (exact) mass is 515 g/mol. The Balaban J connectivity index is 1.32. The lowest BCUT2D eigenvalue weighted by Gasteiger charge is -2.23. The minimum Gasteiger partial charge on any atom is -0.456 e. The molecule has 0 spiro atoms. The first-order valence-corrected chi connectivity index (χ1v) is 13.5. The molecule has 1 aliphatic carbocycles. The van der Waals surface area contributed by atoms with Crippen molar-refractivity contribution < 1.29 is 4.42 Å². The molecule has 40 heavy (non-hydrogen) atoms. The fourth-order valence-corrected chi connectivity index (χ4v) is 6.06. The predicted octanol–water partition coefficient (Wildman–Crippen LogP) is 9.08. The van der Waals surface area contributed by atoms with Gasteiger partial charge in [0.25, 0.3) is 0 Å². The van der Waals surface area contributed by atoms with Crippen LogP contribution < -0.4 is 0 Å². The van der Waals surface area contributed by atoms with Crippen molar-refractivity contribution in [2.45, 2.75) is 19.3 Å². The van der Waals surface area contributed by atoms with Crippen LogP contribution in [0.5, 0.6) is 0 Å². The number of hydrogen-bond acceptors (Lipinski definition) is 4. The lowest BCUT2D eigenvalue weighted by Crippen LogP contribution is -2.19. The second-order valence-corrected chi connectivity index (χ2v) is 10.9. The molecule has 0 atom stereocenters. The van der Waals surface area contributed by atoms with E-state index in [2.05, 4.69) is 86.6 Å². The molecule has 3 aromatic heterocycles. The molecule has 4 aromatic carbocycles. The van der Waals surface area contributed by atoms with E-state index >= 15 is 0 Å². The summed E-state index contributed by atoms with van der Waals surface area (Å²) in [4.78, 5) is 15.6. The average molecular weight is 516 g/mol. The molecule has 4 heteroatoms. The molecule has 0 bridgehead atoms. The Morgan fingerprint density at radius 3 is 2.02 bits per heavy atom. The fourth-order valence-electron chi connectivity index (χ4n) is 6.06. The molecule has 0 saturated carbocycles. The van der Waals surface area contributed by atoms with Gasteiger partial charge >= 0.3 is 0 Å². The van der Waals surface area contributed by atoms with Crippen molar-refractivity contribution in [3.8, 4) is 45.2 Å². The average Bonchev–Trinajstić information content (AvgIpc) is 3.49. The van der Waals surface area contributed by atoms with Crippen LogP contribution in [0.4, 0.5) is 0 Å². The van der Waals surface area contributed by atoms with E-state index in [4.69, 9.17) is 19.4 Å². The van der Waals surface area contributed by atoms with Gasteiger partial charge in [-0.2, -0.15) is 0 Å². The summed E-state index contributed by atoms with van der Waals surface area (Å²) >= 11 is 0. The van der Waals surface area contributed by atoms with Crippen LogP contribution in [0.15, 0.2) is 120 Å². The van der Waals surface area contributed by atoms with Gasteiger partial charge in [-0.3, -0.25) is 4.98 Å². The first-order chi connectivity index (χ1) is 19.6. The third kappa shape index (κ3) is 3.36. The number of fused-ring (bicyclic) bond motifs is 6. The molecule has 4 nitrogen and oxygen atoms in total. The Bertz CT molecular complexity index is 2080. The maximum Gasteiger partial charge on any atom is 0.160 e. The number of furan rings is 1. The van der Waals surface area contributed by atoms with Crippen LogP contribution in [0, 0.1) is 0 Å². The molecule has 1 aliphatic rings. The lowest BCUT2D eigenvalue weighted by atomic mass is 9.83. The Morgan fingerprint density at radius 2 is 1.23 bits per heavy atom. The van der Waals surface area contributed by atoms with Crippen LogP contribution in [0.3, 0.4) is 0 Å². The van der Waals surface area contributed by atoms with Crippen LogP contribution in [-0.4, -0.2) is 15.0 Å². The molecule has 7 aromatic rings. The summed E-state index contributed by atoms with van der Waals surface area (Å²) in [5, 5.41) is 2.24. The molecular formula is C36H25N3O. The van der Waals surface area contributed by atoms with Crippen molar-refractivity contribution in [1.29, 1.82) is 0 Å². The highest BCUT2D eigenvalue weighted by molar-refractivity contribution is 6.05. The maximum absolute atomic E-state index is 6.17. The van der Waals surface area contributed by atoms with Crippen molar-refractivity contribution in [3.05, 3.63) is 127 Å². The van der Waals surface area contributed by atoms with Gasteiger partial charge in [0.2, 0.25) is 0 Å². The van der Waals surface area contributed by atoms with Crippen molar-refractivity contribution in [1.82, 2.24) is 15.0 Å². The van der Waals surface area contributed by atoms with Crippen LogP contribution in [0.2, 0.25) is 0 Å². The zero-order valence-electron chi connectivity index (χ0n) is 22.2. The van der Waals surface area contributed by atoms with Crippen molar-refractivity contribution in [2.24, 2.45) is 0 Å². The number of benzene rings is 4. The van der Waals surface area contributed by atoms with Gasteiger partial charge < -0.3 is 4.42 Å². The summed E-state index contributed by atoms with van der Waals surface area (Å²) in [6, 6.07) is 39.4. The maximum atomic E-state index is 6.17. The second kappa shape index (κ2) is 8.45. The van der Waals surface area contributed by atoms with Gasteiger partial charge in [-0.15, -0.1) is 0 Å². The Morgan fingerprint density at radius 1 is 0.550 bits per heavy atom. The molecule has 8 rings (SSSR count). The summed E-state index contributed by atoms with van der Waals surface area (Å²) in [6.07, 6.45) is 0. The molecule has 0 saturated heterocycles. The zero-order chi connectivity index (χ0) is 26.8. The SMILES string of the molecule is CC1(C)c2nc(-c3ccc4c(c3)oc3ccccc34)ccc2-c2nc(-c3ccccc3)nc(-c3ccccc3)c21. The van der Waals surface area contributed by atoms with Gasteiger partial charge in [0, 0.05) is 44.0 Å². The number of rotatable bonds is 3. The zero-order valence-corrected chi connectivity index (χ0v) is 22.2. The van der Waals surface area contributed by atoms with Crippen molar-refractivity contribution in [2.75, 3.05) is 0 Å². The van der Waals surface area contributed by atoms with Crippen LogP contribution in [-0.2, 0) is 5.41 Å². The van der Waals surface area contributed by atoms with E-state index in [1.165, 1.54) is 0 Å². The fraction of sp³-hybridized carbons (Fsp3) is 0.0833. The standard InChI is InChI=1S/C36H25N3O/c1-36(2)31-32(22-11-5-3-6-12-22)38-35(23-13-7-4-8-14-23)39-33(31)27-19-20-28(37-34(27)36)24-17-18-26-25-15-9-10-16-29(25)40-30(26)21-24/h3-21H,1-2H3. The topological polar surface area (TPSA) is 51.8 Å². The number of pyridine rings is 1. The highest BCUT2D eigenvalue weighted by atomic mass is 16.3. The summed E-state index contributed by atoms with van der Waals surface area (Å²) in [5.74, 6) is 0.723. The minimum atomic E-state index is -0.384. The summed E-state index contributed by atoms with van der Waals surface area (Å²) in [5.41, 5.74) is 10.5. The molecule has 0 amide bonds. The van der Waals surface area contributed by atoms with Gasteiger partial charge in [0.15, 0.2) is 5.82 Å². The molecule has 0 unspecified atom stereocenters. The first-order valence-electron chi connectivity index (χ1n) is 13.5. The van der Waals surface area contributed by atoms with Gasteiger partial charge in [-0.25, -0.2) is 9.97 Å². The van der Waals surface area contributed by atoms with E-state index in [1.54, 1.807) is 0 Å². The van der Waals surface area contributed by atoms with Crippen molar-refractivity contribution in [3.63, 3.8) is 0 Å². The molecule has 0 fully saturated rings. The lowest BCUT2D eigenvalue weighted by molar-refractivity contribution is 0.636. The van der Waals surface area contributed by atoms with Crippen molar-refractivity contribution >= 4 is 21.9 Å². The largest absolute Gasteiger partial charge is 0.456 e. The quantitative estimate of drug-likeness (QED) is 0.235. The highest BCUT2D eigenvalue weighted by Gasteiger charge is 2.41. The molecule has 0 radical (unpaired) electrons. The smallest absolute Gasteiger partial charge is 0.160 e. The predicted molar refractivity (Wildman–Crippen MR) is 161 cm³/mol. The Hall–Kier alpha value is -5.09. The van der Waals surface area contributed by atoms with Gasteiger partial charge in [-0.05, 0) is 44.2 Å². The second-order valence-electron chi connectivity index (χ2n) is 10.9. The van der Waals surface area contributed by atoms with Crippen LogP contribution in [0.25, 0.3) is 67.1 Å². The number of nitrogens with zero attached hydrogens (tertiary/aromatic N) is 3. The molecular weight excluding hydrogens is 490 g/mol. The summed E-state index contributed by atoms with van der Waals surface area (Å²) < 4.78 is 6.17. The van der Waals surface area contributed by atoms with Gasteiger partial charge in [-0.1, -0.05) is 84.9 Å². The first kappa shape index (κ1) is 22.9. The summed E-state index contributed by atoms with van der Waals surface area (Å²) in [7, 11) is 0. The van der Waals surface area contributed by atoms with Gasteiger partial charge in [0.05, 0.1) is 22.8 Å². The van der Waals surface area contributed by atoms with Crippen LogP contribution >= 0.6 is 0 Å². The van der Waals surface area contributed by atoms with E-state index in [0.717, 1.165) is 78.4 Å². The van der Waals surface area contributed by atoms with E-state index in [1.807, 2.05) is 42.5 Å². The number of aromatic nitrogens is 3. The molecule has 190 valence electrons. The third-order valence-electron chi connectivity index (χ3n) is 8.03. The molecule has 3 heterocycles. The van der Waals surface area contributed by atoms with E-state index in [0.29, 0.717) is 0 Å². The minimum absolute atomic E-state index is 0.384. The molecule has 0 aliphatic heterocycles. The number of hydrogen-bond donors (Lipinski definition) is 0. The highest BCUT2D eigenvalue weighted by Crippen LogP contribution is 2.51. The molecule has 0 N–H and O–H groups in total. The summed E-state index contributed by atoms with van der Waals surface area (Å²) in [6.45, 7) is 4.46. The normalized spacial score (nSPS) is 13.4. The van der Waals surface area contributed by atoms with E-state index < -0.39 is 0 Å². The third-order valence-corrected chi connectivity index (χ3v) is 8.03. The van der Waals surface area contributed by atoms with E-state index in [9.17, 15) is 0 Å². The Kier molecular flexibility index (Phi) is 4.83.